The number of carbonyl (C=O) groups excluding carboxylic acids is 1. The molecular weight excluding hydrogens is 408 g/mol. The van der Waals surface area contributed by atoms with Gasteiger partial charge in [-0.3, -0.25) is 9.10 Å². The molecule has 29 heavy (non-hydrogen) atoms. The van der Waals surface area contributed by atoms with Crippen LogP contribution < -0.4 is 9.62 Å². The van der Waals surface area contributed by atoms with Crippen molar-refractivity contribution < 1.29 is 13.2 Å². The Labute approximate surface area is 178 Å². The van der Waals surface area contributed by atoms with Crippen LogP contribution in [0.25, 0.3) is 0 Å². The highest BCUT2D eigenvalue weighted by Gasteiger charge is 2.20. The predicted molar refractivity (Wildman–Crippen MR) is 118 cm³/mol. The largest absolute Gasteiger partial charge is 0.345 e. The molecule has 7 heteroatoms. The van der Waals surface area contributed by atoms with Crippen molar-refractivity contribution in [1.82, 2.24) is 5.32 Å². The fraction of sp³-hybridized carbons (Fsp3) is 0.409. The lowest BCUT2D eigenvalue weighted by Crippen LogP contribution is -2.29. The van der Waals surface area contributed by atoms with Crippen LogP contribution in [0.15, 0.2) is 36.4 Å². The number of nitrogens with zero attached hydrogens (tertiary/aromatic N) is 1. The molecule has 0 heterocycles. The van der Waals surface area contributed by atoms with Crippen molar-refractivity contribution in [3.05, 3.63) is 63.7 Å². The standard InChI is InChI=1S/C22H27ClN2O3S/c1-4-21(17-10-9-15-7-5-6-8-16(15)13-17)24-22(26)19-12-11-18(14-20(19)23)25(2)29(3,27)28/h9-14,21H,4-8H2,1-3H3,(H,24,26). The second-order valence-corrected chi connectivity index (χ2v) is 9.99. The molecule has 1 atom stereocenters. The Morgan fingerprint density at radius 1 is 1.14 bits per heavy atom. The van der Waals surface area contributed by atoms with E-state index in [4.69, 9.17) is 11.6 Å². The number of hydrogen-bond acceptors (Lipinski definition) is 3. The molecule has 1 aliphatic carbocycles. The van der Waals surface area contributed by atoms with Crippen molar-refractivity contribution >= 4 is 33.2 Å². The van der Waals surface area contributed by atoms with Crippen LogP contribution in [0.5, 0.6) is 0 Å². The van der Waals surface area contributed by atoms with Crippen molar-refractivity contribution in [2.75, 3.05) is 17.6 Å². The molecule has 0 radical (unpaired) electrons. The van der Waals surface area contributed by atoms with Crippen LogP contribution >= 0.6 is 11.6 Å². The molecular formula is C22H27ClN2O3S. The summed E-state index contributed by atoms with van der Waals surface area (Å²) < 4.78 is 24.5. The van der Waals surface area contributed by atoms with Gasteiger partial charge in [0.2, 0.25) is 10.0 Å². The quantitative estimate of drug-likeness (QED) is 0.728. The zero-order chi connectivity index (χ0) is 21.2. The molecule has 2 aromatic carbocycles. The van der Waals surface area contributed by atoms with Crippen molar-refractivity contribution in [2.45, 2.75) is 45.1 Å². The SMILES string of the molecule is CCC(NC(=O)c1ccc(N(C)S(C)(=O)=O)cc1Cl)c1ccc2c(c1)CCCC2. The van der Waals surface area contributed by atoms with Gasteiger partial charge in [0.25, 0.3) is 5.91 Å². The van der Waals surface area contributed by atoms with Gasteiger partial charge in [0.05, 0.1) is 28.6 Å². The molecule has 0 aliphatic heterocycles. The number of halogens is 1. The van der Waals surface area contributed by atoms with E-state index < -0.39 is 10.0 Å². The minimum atomic E-state index is -3.40. The van der Waals surface area contributed by atoms with E-state index in [1.54, 1.807) is 12.1 Å². The molecule has 0 saturated heterocycles. The average molecular weight is 435 g/mol. The van der Waals surface area contributed by atoms with Gasteiger partial charge in [-0.1, -0.05) is 36.7 Å². The third-order valence-electron chi connectivity index (χ3n) is 5.55. The third kappa shape index (κ3) is 4.93. The van der Waals surface area contributed by atoms with Gasteiger partial charge >= 0.3 is 0 Å². The number of carbonyl (C=O) groups is 1. The number of sulfonamides is 1. The first-order chi connectivity index (χ1) is 13.7. The summed E-state index contributed by atoms with van der Waals surface area (Å²) in [5, 5.41) is 3.29. The summed E-state index contributed by atoms with van der Waals surface area (Å²) in [4.78, 5) is 12.8. The van der Waals surface area contributed by atoms with Gasteiger partial charge in [-0.2, -0.15) is 0 Å². The lowest BCUT2D eigenvalue weighted by Gasteiger charge is -2.22. The number of rotatable bonds is 6. The zero-order valence-electron chi connectivity index (χ0n) is 17.0. The normalized spacial score (nSPS) is 14.8. The van der Waals surface area contributed by atoms with Gasteiger partial charge in [-0.15, -0.1) is 0 Å². The topological polar surface area (TPSA) is 66.5 Å². The zero-order valence-corrected chi connectivity index (χ0v) is 18.6. The van der Waals surface area contributed by atoms with Crippen molar-refractivity contribution in [2.24, 2.45) is 0 Å². The molecule has 1 aliphatic rings. The van der Waals surface area contributed by atoms with Crippen LogP contribution in [0, 0.1) is 0 Å². The van der Waals surface area contributed by atoms with E-state index in [2.05, 4.69) is 23.5 Å². The van der Waals surface area contributed by atoms with Gasteiger partial charge in [-0.25, -0.2) is 8.42 Å². The van der Waals surface area contributed by atoms with E-state index in [1.807, 2.05) is 6.92 Å². The fourth-order valence-corrected chi connectivity index (χ4v) is 4.46. The molecule has 0 aromatic heterocycles. The van der Waals surface area contributed by atoms with E-state index in [0.29, 0.717) is 11.3 Å². The summed E-state index contributed by atoms with van der Waals surface area (Å²) in [6.45, 7) is 2.04. The Morgan fingerprint density at radius 3 is 2.45 bits per heavy atom. The Hall–Kier alpha value is -2.05. The first kappa shape index (κ1) is 21.7. The molecule has 1 N–H and O–H groups in total. The van der Waals surface area contributed by atoms with Gasteiger partial charge in [-0.05, 0) is 67.0 Å². The molecule has 1 unspecified atom stereocenters. The molecule has 0 saturated carbocycles. The van der Waals surface area contributed by atoms with Crippen LogP contribution in [-0.4, -0.2) is 27.6 Å². The molecule has 1 amide bonds. The van der Waals surface area contributed by atoms with Crippen LogP contribution in [0.4, 0.5) is 5.69 Å². The average Bonchev–Trinajstić information content (AvgIpc) is 2.70. The second kappa shape index (κ2) is 8.76. The monoisotopic (exact) mass is 434 g/mol. The minimum Gasteiger partial charge on any atom is -0.345 e. The molecule has 2 aromatic rings. The van der Waals surface area contributed by atoms with Gasteiger partial charge < -0.3 is 5.32 Å². The first-order valence-corrected chi connectivity index (χ1v) is 12.1. The van der Waals surface area contributed by atoms with Crippen molar-refractivity contribution in [1.29, 1.82) is 0 Å². The maximum Gasteiger partial charge on any atom is 0.253 e. The summed E-state index contributed by atoms with van der Waals surface area (Å²) in [6.07, 6.45) is 6.55. The number of hydrogen-bond donors (Lipinski definition) is 1. The number of fused-ring (bicyclic) bond motifs is 1. The van der Waals surface area contributed by atoms with Gasteiger partial charge in [0.15, 0.2) is 0 Å². The lowest BCUT2D eigenvalue weighted by molar-refractivity contribution is 0.0935. The Balaban J connectivity index is 1.79. The molecule has 0 bridgehead atoms. The van der Waals surface area contributed by atoms with E-state index in [0.717, 1.165) is 35.4 Å². The van der Waals surface area contributed by atoms with E-state index >= 15 is 0 Å². The van der Waals surface area contributed by atoms with E-state index in [-0.39, 0.29) is 17.0 Å². The highest BCUT2D eigenvalue weighted by Crippen LogP contribution is 2.28. The molecule has 5 nitrogen and oxygen atoms in total. The first-order valence-electron chi connectivity index (χ1n) is 9.86. The number of aryl methyl sites for hydroxylation is 2. The summed E-state index contributed by atoms with van der Waals surface area (Å²) in [7, 11) is -1.95. The highest BCUT2D eigenvalue weighted by atomic mass is 35.5. The van der Waals surface area contributed by atoms with Crippen LogP contribution in [0.2, 0.25) is 5.02 Å². The number of benzene rings is 2. The highest BCUT2D eigenvalue weighted by molar-refractivity contribution is 7.92. The Bertz CT molecular complexity index is 1020. The number of amides is 1. The van der Waals surface area contributed by atoms with Gasteiger partial charge in [0, 0.05) is 7.05 Å². The molecule has 3 rings (SSSR count). The van der Waals surface area contributed by atoms with Crippen LogP contribution in [0.1, 0.15) is 59.3 Å². The van der Waals surface area contributed by atoms with Crippen molar-refractivity contribution in [3.63, 3.8) is 0 Å². The second-order valence-electron chi connectivity index (χ2n) is 7.56. The minimum absolute atomic E-state index is 0.107. The summed E-state index contributed by atoms with van der Waals surface area (Å²) in [5.74, 6) is -0.270. The Kier molecular flexibility index (Phi) is 6.54. The summed E-state index contributed by atoms with van der Waals surface area (Å²) >= 11 is 6.30. The maximum atomic E-state index is 12.8. The maximum absolute atomic E-state index is 12.8. The smallest absolute Gasteiger partial charge is 0.253 e. The van der Waals surface area contributed by atoms with Gasteiger partial charge in [0.1, 0.15) is 0 Å². The molecule has 156 valence electrons. The third-order valence-corrected chi connectivity index (χ3v) is 7.07. The number of anilines is 1. The van der Waals surface area contributed by atoms with E-state index in [1.165, 1.54) is 37.1 Å². The van der Waals surface area contributed by atoms with Crippen LogP contribution in [0.3, 0.4) is 0 Å². The number of nitrogens with one attached hydrogen (secondary N) is 1. The fourth-order valence-electron chi connectivity index (χ4n) is 3.70. The molecule has 0 spiro atoms. The lowest BCUT2D eigenvalue weighted by atomic mass is 9.88. The summed E-state index contributed by atoms with van der Waals surface area (Å²) in [6, 6.07) is 11.0. The van der Waals surface area contributed by atoms with Crippen LogP contribution in [-0.2, 0) is 22.9 Å². The molecule has 0 fully saturated rings. The summed E-state index contributed by atoms with van der Waals surface area (Å²) in [5.41, 5.74) is 4.64. The predicted octanol–water partition coefficient (Wildman–Crippen LogP) is 4.50. The van der Waals surface area contributed by atoms with E-state index in [9.17, 15) is 13.2 Å². The Morgan fingerprint density at radius 2 is 1.83 bits per heavy atom. The van der Waals surface area contributed by atoms with Crippen molar-refractivity contribution in [3.8, 4) is 0 Å².